The minimum Gasteiger partial charge on any atom is -0.508 e. The average molecular weight is 414 g/mol. The monoisotopic (exact) mass is 414 g/mol. The van der Waals surface area contributed by atoms with Gasteiger partial charge in [0.2, 0.25) is 0 Å². The number of benzene rings is 3. The van der Waals surface area contributed by atoms with Crippen LogP contribution in [0.1, 0.15) is 16.7 Å². The Hall–Kier alpha value is -4.24. The first-order valence-corrected chi connectivity index (χ1v) is 9.57. The lowest BCUT2D eigenvalue weighted by Crippen LogP contribution is -2.13. The number of nitrogens with one attached hydrogen (secondary N) is 1. The highest BCUT2D eigenvalue weighted by atomic mass is 16.5. The molecule has 6 heteroatoms. The third-order valence-corrected chi connectivity index (χ3v) is 4.49. The smallest absolute Gasteiger partial charge is 0.266 e. The van der Waals surface area contributed by atoms with E-state index < -0.39 is 5.91 Å². The summed E-state index contributed by atoms with van der Waals surface area (Å²) < 4.78 is 11.3. The predicted octanol–water partition coefficient (Wildman–Crippen LogP) is 4.83. The molecular formula is C25H22N2O4. The SMILES string of the molecule is COc1ccc(/C=C(\C#N)C(=O)Nc2ccc(O)cc2)c(OCc2cccc(C)c2)c1. The first-order chi connectivity index (χ1) is 15.0. The molecule has 2 N–H and O–H groups in total. The van der Waals surface area contributed by atoms with Crippen LogP contribution in [0.3, 0.4) is 0 Å². The van der Waals surface area contributed by atoms with Crippen molar-refractivity contribution < 1.29 is 19.4 Å². The van der Waals surface area contributed by atoms with Gasteiger partial charge in [0.1, 0.15) is 35.5 Å². The molecule has 3 aromatic carbocycles. The van der Waals surface area contributed by atoms with Crippen molar-refractivity contribution in [2.45, 2.75) is 13.5 Å². The lowest BCUT2D eigenvalue weighted by molar-refractivity contribution is -0.112. The predicted molar refractivity (Wildman–Crippen MR) is 119 cm³/mol. The van der Waals surface area contributed by atoms with E-state index in [4.69, 9.17) is 9.47 Å². The molecule has 0 heterocycles. The van der Waals surface area contributed by atoms with E-state index in [-0.39, 0.29) is 11.3 Å². The van der Waals surface area contributed by atoms with Crippen LogP contribution in [-0.2, 0) is 11.4 Å². The molecule has 3 aromatic rings. The van der Waals surface area contributed by atoms with Gasteiger partial charge < -0.3 is 19.9 Å². The van der Waals surface area contributed by atoms with E-state index in [1.807, 2.05) is 37.3 Å². The van der Waals surface area contributed by atoms with Crippen LogP contribution in [0, 0.1) is 18.3 Å². The van der Waals surface area contributed by atoms with Crippen molar-refractivity contribution in [2.24, 2.45) is 0 Å². The summed E-state index contributed by atoms with van der Waals surface area (Å²) in [5.41, 5.74) is 3.09. The number of carbonyl (C=O) groups is 1. The molecule has 0 aliphatic carbocycles. The molecule has 0 saturated heterocycles. The zero-order valence-electron chi connectivity index (χ0n) is 17.3. The maximum Gasteiger partial charge on any atom is 0.266 e. The Morgan fingerprint density at radius 3 is 2.58 bits per heavy atom. The fourth-order valence-corrected chi connectivity index (χ4v) is 2.90. The molecule has 0 radical (unpaired) electrons. The second kappa shape index (κ2) is 9.99. The molecule has 6 nitrogen and oxygen atoms in total. The third-order valence-electron chi connectivity index (χ3n) is 4.49. The molecule has 0 bridgehead atoms. The third kappa shape index (κ3) is 5.87. The summed E-state index contributed by atoms with van der Waals surface area (Å²) in [4.78, 5) is 12.6. The number of aromatic hydroxyl groups is 1. The number of ether oxygens (including phenoxy) is 2. The van der Waals surface area contributed by atoms with Gasteiger partial charge in [-0.05, 0) is 55.0 Å². The summed E-state index contributed by atoms with van der Waals surface area (Å²) in [6.45, 7) is 2.34. The molecule has 3 rings (SSSR count). The molecule has 0 unspecified atom stereocenters. The maximum absolute atomic E-state index is 12.6. The lowest BCUT2D eigenvalue weighted by Gasteiger charge is -2.12. The van der Waals surface area contributed by atoms with Crippen molar-refractivity contribution in [1.82, 2.24) is 0 Å². The molecule has 1 amide bonds. The number of hydrogen-bond acceptors (Lipinski definition) is 5. The molecule has 0 saturated carbocycles. The number of nitrogens with zero attached hydrogens (tertiary/aromatic N) is 1. The maximum atomic E-state index is 12.6. The number of hydrogen-bond donors (Lipinski definition) is 2. The first kappa shape index (κ1) is 21.5. The Morgan fingerprint density at radius 2 is 1.90 bits per heavy atom. The summed E-state index contributed by atoms with van der Waals surface area (Å²) in [6.07, 6.45) is 1.47. The van der Waals surface area contributed by atoms with E-state index in [0.29, 0.717) is 29.4 Å². The average Bonchev–Trinajstić information content (AvgIpc) is 2.78. The van der Waals surface area contributed by atoms with Crippen molar-refractivity contribution in [1.29, 1.82) is 5.26 Å². The number of rotatable bonds is 7. The molecule has 0 aliphatic heterocycles. The quantitative estimate of drug-likeness (QED) is 0.328. The fraction of sp³-hybridized carbons (Fsp3) is 0.120. The van der Waals surface area contributed by atoms with E-state index in [0.717, 1.165) is 11.1 Å². The standard InChI is InChI=1S/C25H22N2O4/c1-17-4-3-5-18(12-17)16-31-24-14-23(30-2)11-6-19(24)13-20(15-26)25(29)27-21-7-9-22(28)10-8-21/h3-14,28H,16H2,1-2H3,(H,27,29)/b20-13+. The number of anilines is 1. The summed E-state index contributed by atoms with van der Waals surface area (Å²) in [5.74, 6) is 0.616. The van der Waals surface area contributed by atoms with Gasteiger partial charge in [0.25, 0.3) is 5.91 Å². The van der Waals surface area contributed by atoms with Gasteiger partial charge in [-0.2, -0.15) is 5.26 Å². The summed E-state index contributed by atoms with van der Waals surface area (Å²) in [5, 5.41) is 21.5. The summed E-state index contributed by atoms with van der Waals surface area (Å²) in [6, 6.07) is 21.1. The first-order valence-electron chi connectivity index (χ1n) is 9.57. The number of nitriles is 1. The Bertz CT molecular complexity index is 1140. The number of phenolic OH excluding ortho intramolecular Hbond substituents is 1. The van der Waals surface area contributed by atoms with Crippen LogP contribution in [0.2, 0.25) is 0 Å². The van der Waals surface area contributed by atoms with Crippen LogP contribution in [0.15, 0.2) is 72.3 Å². The van der Waals surface area contributed by atoms with Gasteiger partial charge >= 0.3 is 0 Å². The molecular weight excluding hydrogens is 392 g/mol. The van der Waals surface area contributed by atoms with Gasteiger partial charge in [-0.25, -0.2) is 0 Å². The number of carbonyl (C=O) groups excluding carboxylic acids is 1. The van der Waals surface area contributed by atoms with Crippen molar-refractivity contribution in [2.75, 3.05) is 12.4 Å². The molecule has 0 aromatic heterocycles. The van der Waals surface area contributed by atoms with Crippen molar-refractivity contribution >= 4 is 17.7 Å². The molecule has 0 spiro atoms. The topological polar surface area (TPSA) is 91.6 Å². The minimum absolute atomic E-state index is 0.0846. The van der Waals surface area contributed by atoms with Crippen LogP contribution >= 0.6 is 0 Å². The summed E-state index contributed by atoms with van der Waals surface area (Å²) in [7, 11) is 1.56. The largest absolute Gasteiger partial charge is 0.508 e. The van der Waals surface area contributed by atoms with E-state index in [9.17, 15) is 15.2 Å². The van der Waals surface area contributed by atoms with E-state index >= 15 is 0 Å². The molecule has 0 atom stereocenters. The van der Waals surface area contributed by atoms with Gasteiger partial charge in [-0.3, -0.25) is 4.79 Å². The van der Waals surface area contributed by atoms with Crippen LogP contribution in [0.5, 0.6) is 17.2 Å². The number of amides is 1. The Kier molecular flexibility index (Phi) is 6.92. The van der Waals surface area contributed by atoms with Gasteiger partial charge in [-0.1, -0.05) is 29.8 Å². The highest BCUT2D eigenvalue weighted by Gasteiger charge is 2.12. The molecule has 156 valence electrons. The zero-order chi connectivity index (χ0) is 22.2. The Balaban J connectivity index is 1.85. The highest BCUT2D eigenvalue weighted by Crippen LogP contribution is 2.28. The van der Waals surface area contributed by atoms with Crippen molar-refractivity contribution in [3.63, 3.8) is 0 Å². The zero-order valence-corrected chi connectivity index (χ0v) is 17.3. The number of phenols is 1. The lowest BCUT2D eigenvalue weighted by atomic mass is 10.1. The summed E-state index contributed by atoms with van der Waals surface area (Å²) >= 11 is 0. The Labute approximate surface area is 181 Å². The second-order valence-corrected chi connectivity index (χ2v) is 6.85. The van der Waals surface area contributed by atoms with Gasteiger partial charge in [-0.15, -0.1) is 0 Å². The number of aryl methyl sites for hydroxylation is 1. The number of methoxy groups -OCH3 is 1. The van der Waals surface area contributed by atoms with Crippen molar-refractivity contribution in [3.8, 4) is 23.3 Å². The van der Waals surface area contributed by atoms with Gasteiger partial charge in [0.15, 0.2) is 0 Å². The van der Waals surface area contributed by atoms with Crippen LogP contribution in [0.4, 0.5) is 5.69 Å². The van der Waals surface area contributed by atoms with Crippen LogP contribution in [-0.4, -0.2) is 18.1 Å². The van der Waals surface area contributed by atoms with E-state index in [1.54, 1.807) is 37.4 Å². The molecule has 31 heavy (non-hydrogen) atoms. The Morgan fingerprint density at radius 1 is 1.13 bits per heavy atom. The second-order valence-electron chi connectivity index (χ2n) is 6.85. The minimum atomic E-state index is -0.561. The van der Waals surface area contributed by atoms with Crippen molar-refractivity contribution in [3.05, 3.63) is 89.0 Å². The highest BCUT2D eigenvalue weighted by molar-refractivity contribution is 6.09. The normalized spacial score (nSPS) is 10.8. The van der Waals surface area contributed by atoms with E-state index in [1.165, 1.54) is 18.2 Å². The van der Waals surface area contributed by atoms with Gasteiger partial charge in [0, 0.05) is 17.3 Å². The van der Waals surface area contributed by atoms with Crippen LogP contribution < -0.4 is 14.8 Å². The van der Waals surface area contributed by atoms with Crippen LogP contribution in [0.25, 0.3) is 6.08 Å². The fourth-order valence-electron chi connectivity index (χ4n) is 2.90. The molecule has 0 aliphatic rings. The molecule has 0 fully saturated rings. The van der Waals surface area contributed by atoms with Gasteiger partial charge in [0.05, 0.1) is 7.11 Å². The van der Waals surface area contributed by atoms with E-state index in [2.05, 4.69) is 5.32 Å².